The zero-order valence-electron chi connectivity index (χ0n) is 17.4. The fourth-order valence-corrected chi connectivity index (χ4v) is 4.44. The third kappa shape index (κ3) is 5.34. The smallest absolute Gasteiger partial charge is 0.378 e. The highest BCUT2D eigenvalue weighted by Gasteiger charge is 2.35. The molecule has 0 bridgehead atoms. The lowest BCUT2D eigenvalue weighted by Gasteiger charge is -2.20. The van der Waals surface area contributed by atoms with Gasteiger partial charge in [0.05, 0.1) is 11.3 Å². The molecule has 0 aromatic heterocycles. The van der Waals surface area contributed by atoms with E-state index in [4.69, 9.17) is 0 Å². The monoisotopic (exact) mass is 461 g/mol. The highest BCUT2D eigenvalue weighted by atomic mass is 32.2. The van der Waals surface area contributed by atoms with Gasteiger partial charge in [-0.15, -0.1) is 0 Å². The number of nitrogens with one attached hydrogen (secondary N) is 1. The van der Waals surface area contributed by atoms with Gasteiger partial charge >= 0.3 is 6.18 Å². The van der Waals surface area contributed by atoms with Crippen molar-refractivity contribution in [3.8, 4) is 0 Å². The molecule has 0 heterocycles. The van der Waals surface area contributed by atoms with E-state index in [0.29, 0.717) is 0 Å². The number of halogens is 4. The number of sulfonamides is 1. The lowest BCUT2D eigenvalue weighted by atomic mass is 10.1. The highest BCUT2D eigenvalue weighted by Crippen LogP contribution is 2.37. The average molecular weight is 461 g/mol. The number of nitrogens with zero attached hydrogens (tertiary/aromatic N) is 2. The van der Waals surface area contributed by atoms with Crippen LogP contribution in [0.15, 0.2) is 41.3 Å². The van der Waals surface area contributed by atoms with Gasteiger partial charge in [0.15, 0.2) is 0 Å². The first-order valence-corrected chi connectivity index (χ1v) is 10.8. The van der Waals surface area contributed by atoms with Crippen molar-refractivity contribution < 1.29 is 30.8 Å². The van der Waals surface area contributed by atoms with E-state index < -0.39 is 44.1 Å². The second-order valence-electron chi connectivity index (χ2n) is 6.81. The van der Waals surface area contributed by atoms with Gasteiger partial charge in [-0.05, 0) is 36.4 Å². The molecule has 0 atom stereocenters. The molecule has 1 N–H and O–H groups in total. The van der Waals surface area contributed by atoms with Gasteiger partial charge in [-0.3, -0.25) is 4.79 Å². The summed E-state index contributed by atoms with van der Waals surface area (Å²) in [7, 11) is -1.07. The van der Waals surface area contributed by atoms with Gasteiger partial charge in [-0.25, -0.2) is 12.8 Å². The Bertz CT molecular complexity index is 1070. The minimum Gasteiger partial charge on any atom is -0.378 e. The second-order valence-corrected chi connectivity index (χ2v) is 8.72. The lowest BCUT2D eigenvalue weighted by Crippen LogP contribution is -2.31. The first-order chi connectivity index (χ1) is 14.3. The summed E-state index contributed by atoms with van der Waals surface area (Å²) >= 11 is 0. The van der Waals surface area contributed by atoms with Crippen LogP contribution < -0.4 is 10.2 Å². The predicted octanol–water partition coefficient (Wildman–Crippen LogP) is 4.19. The number of rotatable bonds is 7. The van der Waals surface area contributed by atoms with Crippen LogP contribution in [0.2, 0.25) is 0 Å². The Hall–Kier alpha value is -2.66. The molecule has 0 fully saturated rings. The lowest BCUT2D eigenvalue weighted by molar-refractivity contribution is -0.136. The van der Waals surface area contributed by atoms with Crippen LogP contribution in [0.5, 0.6) is 0 Å². The molecule has 0 unspecified atom stereocenters. The molecule has 0 saturated carbocycles. The molecule has 0 aliphatic carbocycles. The van der Waals surface area contributed by atoms with E-state index in [0.717, 1.165) is 34.6 Å². The largest absolute Gasteiger partial charge is 0.418 e. The third-order valence-electron chi connectivity index (χ3n) is 4.59. The Kier molecular flexibility index (Phi) is 7.32. The summed E-state index contributed by atoms with van der Waals surface area (Å²) in [5.41, 5.74) is -1.58. The first-order valence-electron chi connectivity index (χ1n) is 9.32. The molecule has 170 valence electrons. The molecular formula is C20H23F4N3O3S. The maximum atomic E-state index is 14.2. The van der Waals surface area contributed by atoms with E-state index in [1.807, 2.05) is 0 Å². The molecule has 1 amide bonds. The van der Waals surface area contributed by atoms with Crippen molar-refractivity contribution in [2.45, 2.75) is 24.9 Å². The van der Waals surface area contributed by atoms with Crippen molar-refractivity contribution in [2.24, 2.45) is 0 Å². The SMILES string of the molecule is CCN(CC)S(=O)(=O)c1cc(C(=O)Nc2ccc(N(C)C)cc2C(F)(F)F)ccc1F. The van der Waals surface area contributed by atoms with Crippen molar-refractivity contribution in [3.05, 3.63) is 53.3 Å². The Morgan fingerprint density at radius 2 is 1.65 bits per heavy atom. The van der Waals surface area contributed by atoms with Gasteiger partial charge < -0.3 is 10.2 Å². The number of alkyl halides is 3. The van der Waals surface area contributed by atoms with Crippen molar-refractivity contribution in [1.29, 1.82) is 0 Å². The Morgan fingerprint density at radius 3 is 2.16 bits per heavy atom. The van der Waals surface area contributed by atoms with Crippen molar-refractivity contribution in [3.63, 3.8) is 0 Å². The van der Waals surface area contributed by atoms with Gasteiger partial charge in [0, 0.05) is 38.4 Å². The summed E-state index contributed by atoms with van der Waals surface area (Å²) < 4.78 is 81.0. The predicted molar refractivity (Wildman–Crippen MR) is 110 cm³/mol. The molecule has 0 spiro atoms. The summed E-state index contributed by atoms with van der Waals surface area (Å²) in [6.07, 6.45) is -4.74. The molecule has 2 aromatic rings. The zero-order valence-corrected chi connectivity index (χ0v) is 18.2. The minimum absolute atomic E-state index is 0.0852. The van der Waals surface area contributed by atoms with E-state index in [9.17, 15) is 30.8 Å². The van der Waals surface area contributed by atoms with Crippen molar-refractivity contribution in [1.82, 2.24) is 4.31 Å². The number of hydrogen-bond acceptors (Lipinski definition) is 4. The van der Waals surface area contributed by atoms with Crippen LogP contribution in [-0.2, 0) is 16.2 Å². The standard InChI is InChI=1S/C20H23F4N3O3S/c1-5-27(6-2)31(29,30)18-11-13(7-9-16(18)21)19(28)25-17-10-8-14(26(3)4)12-15(17)20(22,23)24/h7-12H,5-6H2,1-4H3,(H,25,28). The van der Waals surface area contributed by atoms with Gasteiger partial charge in [-0.1, -0.05) is 13.8 Å². The Balaban J connectivity index is 2.46. The topological polar surface area (TPSA) is 69.7 Å². The van der Waals surface area contributed by atoms with Crippen LogP contribution >= 0.6 is 0 Å². The van der Waals surface area contributed by atoms with Crippen LogP contribution in [0.25, 0.3) is 0 Å². The van der Waals surface area contributed by atoms with Crippen LogP contribution in [0.4, 0.5) is 28.9 Å². The highest BCUT2D eigenvalue weighted by molar-refractivity contribution is 7.89. The average Bonchev–Trinajstić information content (AvgIpc) is 2.68. The van der Waals surface area contributed by atoms with Crippen LogP contribution in [0.3, 0.4) is 0 Å². The summed E-state index contributed by atoms with van der Waals surface area (Å²) in [4.78, 5) is 13.3. The first kappa shape index (κ1) is 24.6. The van der Waals surface area contributed by atoms with Crippen molar-refractivity contribution >= 4 is 27.3 Å². The molecule has 0 aliphatic heterocycles. The number of anilines is 2. The molecule has 11 heteroatoms. The number of hydrogen-bond donors (Lipinski definition) is 1. The second kappa shape index (κ2) is 9.23. The molecule has 0 aliphatic rings. The van der Waals surface area contributed by atoms with Gasteiger partial charge in [0.1, 0.15) is 10.7 Å². The molecule has 6 nitrogen and oxygen atoms in total. The molecular weight excluding hydrogens is 438 g/mol. The fourth-order valence-electron chi connectivity index (χ4n) is 2.89. The molecule has 0 radical (unpaired) electrons. The maximum absolute atomic E-state index is 14.2. The molecule has 2 rings (SSSR count). The number of carbonyl (C=O) groups is 1. The quantitative estimate of drug-likeness (QED) is 0.628. The fraction of sp³-hybridized carbons (Fsp3) is 0.350. The number of carbonyl (C=O) groups excluding carboxylic acids is 1. The molecule has 0 saturated heterocycles. The van der Waals surface area contributed by atoms with Gasteiger partial charge in [0.2, 0.25) is 10.0 Å². The van der Waals surface area contributed by atoms with Crippen LogP contribution in [0.1, 0.15) is 29.8 Å². The van der Waals surface area contributed by atoms with Crippen LogP contribution in [-0.4, -0.2) is 45.8 Å². The minimum atomic E-state index is -4.74. The molecule has 2 aromatic carbocycles. The van der Waals surface area contributed by atoms with E-state index in [1.165, 1.54) is 11.0 Å². The van der Waals surface area contributed by atoms with E-state index in [-0.39, 0.29) is 24.3 Å². The molecule has 31 heavy (non-hydrogen) atoms. The normalized spacial score (nSPS) is 12.2. The van der Waals surface area contributed by atoms with Gasteiger partial charge in [-0.2, -0.15) is 17.5 Å². The zero-order chi connectivity index (χ0) is 23.6. The summed E-state index contributed by atoms with van der Waals surface area (Å²) in [5, 5.41) is 2.15. The van der Waals surface area contributed by atoms with E-state index >= 15 is 0 Å². The van der Waals surface area contributed by atoms with E-state index in [1.54, 1.807) is 27.9 Å². The number of benzene rings is 2. The third-order valence-corrected chi connectivity index (χ3v) is 6.65. The Labute approximate surface area is 178 Å². The summed E-state index contributed by atoms with van der Waals surface area (Å²) in [6, 6.07) is 6.01. The van der Waals surface area contributed by atoms with Gasteiger partial charge in [0.25, 0.3) is 5.91 Å². The maximum Gasteiger partial charge on any atom is 0.418 e. The van der Waals surface area contributed by atoms with E-state index in [2.05, 4.69) is 5.32 Å². The Morgan fingerprint density at radius 1 is 1.03 bits per heavy atom. The summed E-state index contributed by atoms with van der Waals surface area (Å²) in [6.45, 7) is 3.32. The van der Waals surface area contributed by atoms with Crippen molar-refractivity contribution in [2.75, 3.05) is 37.4 Å². The summed E-state index contributed by atoms with van der Waals surface area (Å²) in [5.74, 6) is -2.06. The van der Waals surface area contributed by atoms with Crippen LogP contribution in [0, 0.1) is 5.82 Å². The number of amides is 1.